The molecule has 0 aromatic heterocycles. The first kappa shape index (κ1) is 13.9. The van der Waals surface area contributed by atoms with Gasteiger partial charge in [0.05, 0.1) is 32.7 Å². The molecule has 0 saturated heterocycles. The van der Waals surface area contributed by atoms with Gasteiger partial charge in [0.15, 0.2) is 11.5 Å². The maximum atomic E-state index is 11.4. The average Bonchev–Trinajstić information content (AvgIpc) is 2.38. The van der Waals surface area contributed by atoms with Gasteiger partial charge < -0.3 is 19.9 Å². The van der Waals surface area contributed by atoms with Crippen LogP contribution in [0.25, 0.3) is 6.08 Å². The molecule has 0 radical (unpaired) electrons. The topological polar surface area (TPSA) is 70.8 Å². The Morgan fingerprint density at radius 1 is 1.28 bits per heavy atom. The molecule has 0 fully saturated rings. The average molecular weight is 251 g/mol. The number of hydrogen-bond acceptors (Lipinski definition) is 4. The van der Waals surface area contributed by atoms with Crippen LogP contribution in [0.2, 0.25) is 0 Å². The molecule has 2 N–H and O–H groups in total. The van der Waals surface area contributed by atoms with Crippen molar-refractivity contribution in [3.63, 3.8) is 0 Å². The number of carbonyl (C=O) groups excluding carboxylic acids is 1. The summed E-state index contributed by atoms with van der Waals surface area (Å²) in [5.41, 5.74) is 6.29. The number of ether oxygens (including phenoxy) is 3. The minimum atomic E-state index is -0.535. The van der Waals surface area contributed by atoms with Crippen molar-refractivity contribution in [1.82, 2.24) is 0 Å². The van der Waals surface area contributed by atoms with E-state index in [1.54, 1.807) is 18.2 Å². The number of primary amides is 1. The van der Waals surface area contributed by atoms with Gasteiger partial charge in [-0.2, -0.15) is 0 Å². The summed E-state index contributed by atoms with van der Waals surface area (Å²) in [5.74, 6) is 0.450. The van der Waals surface area contributed by atoms with Crippen molar-refractivity contribution in [3.8, 4) is 11.5 Å². The lowest BCUT2D eigenvalue weighted by molar-refractivity contribution is 0.0999. The molecule has 5 nitrogen and oxygen atoms in total. The quantitative estimate of drug-likeness (QED) is 0.783. The van der Waals surface area contributed by atoms with Gasteiger partial charge in [0, 0.05) is 0 Å². The van der Waals surface area contributed by atoms with Crippen LogP contribution in [0.15, 0.2) is 18.4 Å². The van der Waals surface area contributed by atoms with Crippen molar-refractivity contribution in [2.75, 3.05) is 20.8 Å². The summed E-state index contributed by atoms with van der Waals surface area (Å²) in [4.78, 5) is 11.4. The number of hydrogen-bond donors (Lipinski definition) is 1. The van der Waals surface area contributed by atoms with Crippen LogP contribution in [-0.2, 0) is 4.74 Å². The zero-order valence-electron chi connectivity index (χ0n) is 10.7. The summed E-state index contributed by atoms with van der Waals surface area (Å²) >= 11 is 0. The highest BCUT2D eigenvalue weighted by Gasteiger charge is 2.13. The van der Waals surface area contributed by atoms with E-state index in [9.17, 15) is 4.79 Å². The highest BCUT2D eigenvalue weighted by atomic mass is 16.5. The number of benzene rings is 1. The molecule has 18 heavy (non-hydrogen) atoms. The molecule has 1 aromatic carbocycles. The predicted octanol–water partition coefficient (Wildman–Crippen LogP) is 1.81. The first-order chi connectivity index (χ1) is 8.63. The van der Waals surface area contributed by atoms with Crippen LogP contribution in [0.3, 0.4) is 0 Å². The summed E-state index contributed by atoms with van der Waals surface area (Å²) < 4.78 is 15.4. The van der Waals surface area contributed by atoms with Crippen molar-refractivity contribution in [3.05, 3.63) is 29.5 Å². The van der Waals surface area contributed by atoms with Crippen molar-refractivity contribution in [2.24, 2.45) is 5.73 Å². The van der Waals surface area contributed by atoms with E-state index < -0.39 is 5.91 Å². The molecule has 98 valence electrons. The second-order valence-corrected chi connectivity index (χ2v) is 3.42. The van der Waals surface area contributed by atoms with Gasteiger partial charge in [0.1, 0.15) is 0 Å². The molecule has 0 bridgehead atoms. The minimum absolute atomic E-state index is 0.351. The third-order valence-corrected chi connectivity index (χ3v) is 2.33. The third kappa shape index (κ3) is 3.16. The molecular weight excluding hydrogens is 234 g/mol. The molecule has 1 amide bonds. The monoisotopic (exact) mass is 251 g/mol. The van der Waals surface area contributed by atoms with E-state index in [2.05, 4.69) is 0 Å². The Kier molecular flexibility index (Phi) is 5.05. The van der Waals surface area contributed by atoms with Crippen LogP contribution in [0, 0.1) is 0 Å². The van der Waals surface area contributed by atoms with Crippen LogP contribution in [0.5, 0.6) is 11.5 Å². The van der Waals surface area contributed by atoms with Crippen LogP contribution >= 0.6 is 0 Å². The van der Waals surface area contributed by atoms with Gasteiger partial charge in [-0.3, -0.25) is 4.79 Å². The van der Waals surface area contributed by atoms with E-state index in [4.69, 9.17) is 19.9 Å². The summed E-state index contributed by atoms with van der Waals surface area (Å²) in [7, 11) is 3.02. The van der Waals surface area contributed by atoms with Gasteiger partial charge in [-0.15, -0.1) is 0 Å². The third-order valence-electron chi connectivity index (χ3n) is 2.33. The molecule has 0 spiro atoms. The molecule has 0 saturated carbocycles. The Morgan fingerprint density at radius 3 is 2.39 bits per heavy atom. The fourth-order valence-electron chi connectivity index (χ4n) is 1.46. The van der Waals surface area contributed by atoms with Gasteiger partial charge in [-0.25, -0.2) is 0 Å². The Bertz CT molecular complexity index is 455. The fourth-order valence-corrected chi connectivity index (χ4v) is 1.46. The second kappa shape index (κ2) is 6.54. The Balaban J connectivity index is 3.24. The molecule has 0 aliphatic carbocycles. The number of carbonyl (C=O) groups is 1. The maximum absolute atomic E-state index is 11.4. The van der Waals surface area contributed by atoms with Crippen LogP contribution < -0.4 is 15.2 Å². The summed E-state index contributed by atoms with van der Waals surface area (Å²) in [6, 6.07) is 3.22. The molecule has 0 atom stereocenters. The first-order valence-electron chi connectivity index (χ1n) is 5.48. The fraction of sp³-hybridized carbons (Fsp3) is 0.308. The van der Waals surface area contributed by atoms with E-state index in [1.807, 2.05) is 6.92 Å². The zero-order chi connectivity index (χ0) is 13.5. The van der Waals surface area contributed by atoms with Gasteiger partial charge in [-0.05, 0) is 30.7 Å². The smallest absolute Gasteiger partial charge is 0.249 e. The van der Waals surface area contributed by atoms with Crippen LogP contribution in [0.1, 0.15) is 22.8 Å². The number of amides is 1. The summed E-state index contributed by atoms with van der Waals surface area (Å²) in [6.07, 6.45) is 3.17. The summed E-state index contributed by atoms with van der Waals surface area (Å²) in [6.45, 7) is 2.42. The maximum Gasteiger partial charge on any atom is 0.249 e. The predicted molar refractivity (Wildman–Crippen MR) is 68.7 cm³/mol. The lowest BCUT2D eigenvalue weighted by Crippen LogP contribution is -2.13. The van der Waals surface area contributed by atoms with E-state index in [-0.39, 0.29) is 0 Å². The molecule has 5 heteroatoms. The second-order valence-electron chi connectivity index (χ2n) is 3.42. The molecule has 0 aliphatic rings. The normalized spacial score (nSPS) is 10.4. The van der Waals surface area contributed by atoms with Crippen molar-refractivity contribution in [2.45, 2.75) is 6.92 Å². The number of methoxy groups -OCH3 is 2. The highest BCUT2D eigenvalue weighted by Crippen LogP contribution is 2.31. The van der Waals surface area contributed by atoms with E-state index in [1.165, 1.54) is 20.5 Å². The van der Waals surface area contributed by atoms with Gasteiger partial charge in [0.2, 0.25) is 5.91 Å². The van der Waals surface area contributed by atoms with Crippen LogP contribution in [-0.4, -0.2) is 26.7 Å². The lowest BCUT2D eigenvalue weighted by atomic mass is 10.1. The van der Waals surface area contributed by atoms with Gasteiger partial charge >= 0.3 is 0 Å². The molecule has 0 aliphatic heterocycles. The van der Waals surface area contributed by atoms with E-state index in [0.717, 1.165) is 0 Å². The minimum Gasteiger partial charge on any atom is -0.501 e. The molecule has 0 heterocycles. The lowest BCUT2D eigenvalue weighted by Gasteiger charge is -2.11. The van der Waals surface area contributed by atoms with E-state index >= 15 is 0 Å². The van der Waals surface area contributed by atoms with Gasteiger partial charge in [-0.1, -0.05) is 0 Å². The van der Waals surface area contributed by atoms with Crippen molar-refractivity contribution < 1.29 is 19.0 Å². The Hall–Kier alpha value is -2.17. The number of rotatable bonds is 6. The summed E-state index contributed by atoms with van der Waals surface area (Å²) in [5, 5.41) is 0. The Labute approximate surface area is 106 Å². The van der Waals surface area contributed by atoms with Gasteiger partial charge in [0.25, 0.3) is 0 Å². The molecule has 1 rings (SSSR count). The van der Waals surface area contributed by atoms with E-state index in [0.29, 0.717) is 29.2 Å². The number of nitrogens with two attached hydrogens (primary N) is 1. The molecule has 0 unspecified atom stereocenters. The van der Waals surface area contributed by atoms with Crippen molar-refractivity contribution >= 4 is 12.0 Å². The van der Waals surface area contributed by atoms with Crippen molar-refractivity contribution in [1.29, 1.82) is 0 Å². The zero-order valence-corrected chi connectivity index (χ0v) is 10.7. The molecular formula is C13H17NO4. The van der Waals surface area contributed by atoms with Crippen LogP contribution in [0.4, 0.5) is 0 Å². The Morgan fingerprint density at radius 2 is 1.89 bits per heavy atom. The highest BCUT2D eigenvalue weighted by molar-refractivity contribution is 5.97. The SMILES string of the molecule is CCO/C=C/c1cc(OC)c(OC)cc1C(N)=O. The standard InChI is InChI=1S/C13H17NO4/c1-4-18-6-5-9-7-11(16-2)12(17-3)8-10(9)13(14)15/h5-8H,4H2,1-3H3,(H2,14,15)/b6-5+. The largest absolute Gasteiger partial charge is 0.501 e. The molecule has 1 aromatic rings. The first-order valence-corrected chi connectivity index (χ1v) is 5.48.